The molecule has 1 saturated carbocycles. The minimum absolute atomic E-state index is 0.687. The predicted octanol–water partition coefficient (Wildman–Crippen LogP) is 3.10. The summed E-state index contributed by atoms with van der Waals surface area (Å²) in [4.78, 5) is 2.67. The Morgan fingerprint density at radius 3 is 2.95 bits per heavy atom. The van der Waals surface area contributed by atoms with E-state index >= 15 is 0 Å². The maximum absolute atomic E-state index is 5.89. The first-order valence-corrected chi connectivity index (χ1v) is 9.00. The van der Waals surface area contributed by atoms with Crippen LogP contribution in [0.1, 0.15) is 36.8 Å². The number of ether oxygens (including phenoxy) is 1. The molecule has 1 N–H and O–H groups in total. The van der Waals surface area contributed by atoms with Gasteiger partial charge in [-0.3, -0.25) is 4.90 Å². The Kier molecular flexibility index (Phi) is 3.94. The van der Waals surface area contributed by atoms with E-state index in [2.05, 4.69) is 38.3 Å². The van der Waals surface area contributed by atoms with Gasteiger partial charge in [-0.2, -0.15) is 0 Å². The summed E-state index contributed by atoms with van der Waals surface area (Å²) in [6.07, 6.45) is 6.44. The van der Waals surface area contributed by atoms with Gasteiger partial charge in [0.25, 0.3) is 0 Å². The average molecular weight is 351 g/mol. The van der Waals surface area contributed by atoms with Crippen molar-refractivity contribution in [3.8, 4) is 5.75 Å². The molecule has 21 heavy (non-hydrogen) atoms. The second kappa shape index (κ2) is 5.90. The maximum atomic E-state index is 5.89. The summed E-state index contributed by atoms with van der Waals surface area (Å²) in [7, 11) is 0. The third kappa shape index (κ3) is 3.13. The van der Waals surface area contributed by atoms with Crippen LogP contribution in [-0.2, 0) is 13.0 Å². The molecule has 1 aliphatic carbocycles. The lowest BCUT2D eigenvalue weighted by Gasteiger charge is -2.26. The van der Waals surface area contributed by atoms with E-state index in [9.17, 15) is 0 Å². The monoisotopic (exact) mass is 350 g/mol. The SMILES string of the molecule is Brc1cc2c(c(CN(CC3CCCN3)C3CC3)c1)OCC2. The molecule has 0 bridgehead atoms. The molecule has 0 aromatic heterocycles. The van der Waals surface area contributed by atoms with Crippen LogP contribution in [0.2, 0.25) is 0 Å². The summed E-state index contributed by atoms with van der Waals surface area (Å²) in [5.41, 5.74) is 2.73. The molecule has 1 atom stereocenters. The number of fused-ring (bicyclic) bond motifs is 1. The van der Waals surface area contributed by atoms with Crippen molar-refractivity contribution in [3.05, 3.63) is 27.7 Å². The predicted molar refractivity (Wildman–Crippen MR) is 87.8 cm³/mol. The van der Waals surface area contributed by atoms with E-state index in [1.807, 2.05) is 0 Å². The number of hydrogen-bond acceptors (Lipinski definition) is 3. The van der Waals surface area contributed by atoms with Crippen molar-refractivity contribution in [3.63, 3.8) is 0 Å². The standard InChI is InChI=1S/C17H23BrN2O/c18-14-8-12-5-7-21-17(12)13(9-14)10-20(16-3-4-16)11-15-2-1-6-19-15/h8-9,15-16,19H,1-7,10-11H2. The quantitative estimate of drug-likeness (QED) is 0.882. The number of nitrogens with one attached hydrogen (secondary N) is 1. The fourth-order valence-electron chi connectivity index (χ4n) is 3.66. The van der Waals surface area contributed by atoms with Crippen LogP contribution < -0.4 is 10.1 Å². The zero-order chi connectivity index (χ0) is 14.2. The highest BCUT2D eigenvalue weighted by Crippen LogP contribution is 2.36. The van der Waals surface area contributed by atoms with Gasteiger partial charge in [-0.15, -0.1) is 0 Å². The molecular weight excluding hydrogens is 328 g/mol. The van der Waals surface area contributed by atoms with Crippen LogP contribution >= 0.6 is 15.9 Å². The topological polar surface area (TPSA) is 24.5 Å². The summed E-state index contributed by atoms with van der Waals surface area (Å²) in [6.45, 7) is 4.25. The van der Waals surface area contributed by atoms with Crippen LogP contribution in [0.4, 0.5) is 0 Å². The molecule has 4 heteroatoms. The number of rotatable bonds is 5. The van der Waals surface area contributed by atoms with Gasteiger partial charge in [-0.05, 0) is 49.9 Å². The summed E-state index contributed by atoms with van der Waals surface area (Å²) in [5, 5.41) is 3.64. The fraction of sp³-hybridized carbons (Fsp3) is 0.647. The molecule has 1 saturated heterocycles. The molecule has 3 nitrogen and oxygen atoms in total. The molecule has 3 aliphatic rings. The zero-order valence-electron chi connectivity index (χ0n) is 12.4. The molecule has 0 radical (unpaired) electrons. The summed E-state index contributed by atoms with van der Waals surface area (Å²) in [5.74, 6) is 1.16. The minimum Gasteiger partial charge on any atom is -0.493 e. The number of benzene rings is 1. The van der Waals surface area contributed by atoms with Crippen molar-refractivity contribution in [1.29, 1.82) is 0 Å². The molecule has 0 spiro atoms. The smallest absolute Gasteiger partial charge is 0.127 e. The lowest BCUT2D eigenvalue weighted by molar-refractivity contribution is 0.227. The summed E-state index contributed by atoms with van der Waals surface area (Å²) >= 11 is 3.66. The lowest BCUT2D eigenvalue weighted by Crippen LogP contribution is -2.38. The van der Waals surface area contributed by atoms with Crippen molar-refractivity contribution >= 4 is 15.9 Å². The molecule has 4 rings (SSSR count). The Morgan fingerprint density at radius 1 is 1.29 bits per heavy atom. The van der Waals surface area contributed by atoms with E-state index in [-0.39, 0.29) is 0 Å². The Bertz CT molecular complexity index is 524. The second-order valence-corrected chi connectivity index (χ2v) is 7.52. The van der Waals surface area contributed by atoms with Crippen LogP contribution in [0.25, 0.3) is 0 Å². The number of halogens is 1. The van der Waals surface area contributed by atoms with Crippen LogP contribution in [0.5, 0.6) is 5.75 Å². The summed E-state index contributed by atoms with van der Waals surface area (Å²) in [6, 6.07) is 5.95. The molecule has 1 aromatic carbocycles. The Hall–Kier alpha value is -0.580. The highest BCUT2D eigenvalue weighted by atomic mass is 79.9. The zero-order valence-corrected chi connectivity index (χ0v) is 14.0. The largest absolute Gasteiger partial charge is 0.493 e. The van der Waals surface area contributed by atoms with Gasteiger partial charge in [0, 0.05) is 41.6 Å². The van der Waals surface area contributed by atoms with Crippen molar-refractivity contribution in [2.75, 3.05) is 19.7 Å². The van der Waals surface area contributed by atoms with Crippen LogP contribution in [-0.4, -0.2) is 36.7 Å². The van der Waals surface area contributed by atoms with Crippen molar-refractivity contribution in [1.82, 2.24) is 10.2 Å². The number of nitrogens with zero attached hydrogens (tertiary/aromatic N) is 1. The molecule has 2 heterocycles. The van der Waals surface area contributed by atoms with Gasteiger partial charge in [0.05, 0.1) is 6.61 Å². The van der Waals surface area contributed by atoms with Gasteiger partial charge in [0.2, 0.25) is 0 Å². The molecule has 114 valence electrons. The Balaban J connectivity index is 1.52. The van der Waals surface area contributed by atoms with E-state index in [1.165, 1.54) is 54.4 Å². The first-order valence-electron chi connectivity index (χ1n) is 8.21. The van der Waals surface area contributed by atoms with Gasteiger partial charge in [0.1, 0.15) is 5.75 Å². The first kappa shape index (κ1) is 14.0. The molecule has 0 amide bonds. The van der Waals surface area contributed by atoms with E-state index < -0.39 is 0 Å². The summed E-state index contributed by atoms with van der Waals surface area (Å²) < 4.78 is 7.08. The molecular formula is C17H23BrN2O. The lowest BCUT2D eigenvalue weighted by atomic mass is 10.1. The van der Waals surface area contributed by atoms with Gasteiger partial charge < -0.3 is 10.1 Å². The van der Waals surface area contributed by atoms with E-state index in [0.29, 0.717) is 6.04 Å². The van der Waals surface area contributed by atoms with E-state index in [0.717, 1.165) is 31.4 Å². The van der Waals surface area contributed by atoms with Gasteiger partial charge in [-0.25, -0.2) is 0 Å². The third-order valence-corrected chi connectivity index (χ3v) is 5.34. The minimum atomic E-state index is 0.687. The van der Waals surface area contributed by atoms with Crippen molar-refractivity contribution < 1.29 is 4.74 Å². The van der Waals surface area contributed by atoms with E-state index in [1.54, 1.807) is 0 Å². The first-order chi connectivity index (χ1) is 10.3. The van der Waals surface area contributed by atoms with Gasteiger partial charge >= 0.3 is 0 Å². The average Bonchev–Trinajstić information content (AvgIpc) is 2.97. The highest BCUT2D eigenvalue weighted by Gasteiger charge is 2.32. The van der Waals surface area contributed by atoms with Crippen LogP contribution in [0.15, 0.2) is 16.6 Å². The molecule has 1 aromatic rings. The highest BCUT2D eigenvalue weighted by molar-refractivity contribution is 9.10. The van der Waals surface area contributed by atoms with Crippen LogP contribution in [0.3, 0.4) is 0 Å². The molecule has 1 unspecified atom stereocenters. The van der Waals surface area contributed by atoms with Crippen molar-refractivity contribution in [2.45, 2.75) is 50.7 Å². The van der Waals surface area contributed by atoms with Crippen LogP contribution in [0, 0.1) is 0 Å². The van der Waals surface area contributed by atoms with Gasteiger partial charge in [-0.1, -0.05) is 15.9 Å². The normalized spacial score (nSPS) is 24.4. The Labute approximate surface area is 135 Å². The Morgan fingerprint density at radius 2 is 2.19 bits per heavy atom. The van der Waals surface area contributed by atoms with Crippen molar-refractivity contribution in [2.24, 2.45) is 0 Å². The van der Waals surface area contributed by atoms with Gasteiger partial charge in [0.15, 0.2) is 0 Å². The third-order valence-electron chi connectivity index (χ3n) is 4.88. The fourth-order valence-corrected chi connectivity index (χ4v) is 4.21. The number of hydrogen-bond donors (Lipinski definition) is 1. The maximum Gasteiger partial charge on any atom is 0.127 e. The molecule has 2 fully saturated rings. The second-order valence-electron chi connectivity index (χ2n) is 6.61. The van der Waals surface area contributed by atoms with E-state index in [4.69, 9.17) is 4.74 Å². The molecule has 2 aliphatic heterocycles.